The van der Waals surface area contributed by atoms with Crippen molar-refractivity contribution in [3.8, 4) is 45.3 Å². The summed E-state index contributed by atoms with van der Waals surface area (Å²) in [7, 11) is 0. The van der Waals surface area contributed by atoms with Crippen molar-refractivity contribution in [3.05, 3.63) is 552 Å². The average molecular weight is 1920 g/mol. The minimum atomic E-state index is 0.873. The lowest BCUT2D eigenvalue weighted by atomic mass is 10.0. The van der Waals surface area contributed by atoms with Crippen molar-refractivity contribution in [2.45, 2.75) is 0 Å². The van der Waals surface area contributed by atoms with Crippen LogP contribution in [-0.4, -0.2) is 27.4 Å². The predicted molar refractivity (Wildman–Crippen MR) is 624 cm³/mol. The van der Waals surface area contributed by atoms with E-state index in [2.05, 4.69) is 558 Å². The summed E-state index contributed by atoms with van der Waals surface area (Å²) in [5, 5.41) is 17.7. The van der Waals surface area contributed by atoms with E-state index in [0.29, 0.717) is 0 Å². The standard InChI is InChI=1S/C50H33N3O.2C44H29N3O/c1-4-15-36(16-5-1)51(44-24-14-26-47-49(44)42-22-11-13-25-46(42)54-47)39-30-27-34(28-31-39)35-29-32-41-45(33-35)53(38-19-8-3-9-20-38)50-48(41)40-21-10-12-23-43(40)52(50)37-17-6-2-7-18-37;1-4-15-30(16-5-1)45(38-24-14-26-41-43(38)36-22-11-13-25-40(36)48-41)33-27-28-35-39(29-33)47(32-19-8-3-9-20-32)44-42(35)34-21-10-12-23-37(34)46(44)31-17-6-2-7-18-31;1-4-15-30(16-5-1)45(39-24-14-26-41-43(39)35-22-11-13-25-40(35)48-41)33-27-28-38-36(29-33)42-34-21-10-12-23-37(34)46(31-17-6-2-7-18-31)44(42)47(38)32-19-8-3-9-20-32/h1-33H;2*1-29H. The second-order valence-corrected chi connectivity index (χ2v) is 38.1. The fourth-order valence-electron chi connectivity index (χ4n) is 23.3. The number of para-hydroxylation sites is 15. The van der Waals surface area contributed by atoms with E-state index in [1.165, 1.54) is 70.5 Å². The van der Waals surface area contributed by atoms with Crippen LogP contribution in [-0.2, 0) is 0 Å². The van der Waals surface area contributed by atoms with E-state index in [1.807, 2.05) is 36.4 Å². The Morgan fingerprint density at radius 3 is 0.720 bits per heavy atom. The van der Waals surface area contributed by atoms with Crippen LogP contribution in [0.25, 0.3) is 210 Å². The quantitative estimate of drug-likeness (QED) is 0.0959. The van der Waals surface area contributed by atoms with Crippen LogP contribution < -0.4 is 14.7 Å². The van der Waals surface area contributed by atoms with Crippen molar-refractivity contribution >= 4 is 216 Å². The smallest absolute Gasteiger partial charge is 0.137 e. The summed E-state index contributed by atoms with van der Waals surface area (Å²) in [6.07, 6.45) is 0. The molecule has 0 aliphatic rings. The predicted octanol–water partition coefficient (Wildman–Crippen LogP) is 38.0. The molecule has 0 spiro atoms. The maximum Gasteiger partial charge on any atom is 0.137 e. The van der Waals surface area contributed by atoms with Gasteiger partial charge in [-0.3, -0.25) is 27.4 Å². The number of aromatic nitrogens is 6. The van der Waals surface area contributed by atoms with Gasteiger partial charge in [-0.05, 0) is 242 Å². The van der Waals surface area contributed by atoms with Crippen molar-refractivity contribution in [1.82, 2.24) is 27.4 Å². The molecule has 0 unspecified atom stereocenters. The third kappa shape index (κ3) is 14.1. The molecule has 0 atom stereocenters. The molecule has 150 heavy (non-hydrogen) atoms. The second kappa shape index (κ2) is 35.9. The molecule has 9 aromatic heterocycles. The van der Waals surface area contributed by atoms with E-state index in [1.54, 1.807) is 0 Å². The second-order valence-electron chi connectivity index (χ2n) is 38.1. The van der Waals surface area contributed by atoms with Gasteiger partial charge in [0.15, 0.2) is 0 Å². The maximum absolute atomic E-state index is 6.36. The van der Waals surface area contributed by atoms with Crippen molar-refractivity contribution in [2.75, 3.05) is 14.7 Å². The monoisotopic (exact) mass is 1920 g/mol. The zero-order valence-corrected chi connectivity index (χ0v) is 81.3. The Balaban J connectivity index is 0.000000106. The molecule has 0 saturated carbocycles. The van der Waals surface area contributed by atoms with Crippen molar-refractivity contribution in [2.24, 2.45) is 0 Å². The van der Waals surface area contributed by atoms with Gasteiger partial charge < -0.3 is 28.0 Å². The Morgan fingerprint density at radius 1 is 0.133 bits per heavy atom. The first-order valence-corrected chi connectivity index (χ1v) is 50.9. The molecule has 22 aromatic carbocycles. The molecule has 9 heterocycles. The highest BCUT2D eigenvalue weighted by Gasteiger charge is 2.31. The zero-order chi connectivity index (χ0) is 98.8. The van der Waals surface area contributed by atoms with E-state index in [0.717, 1.165) is 190 Å². The van der Waals surface area contributed by atoms with Crippen LogP contribution >= 0.6 is 0 Å². The Kier molecular flexibility index (Phi) is 20.7. The number of benzene rings is 22. The highest BCUT2D eigenvalue weighted by Crippen LogP contribution is 2.53. The number of rotatable bonds is 16. The Morgan fingerprint density at radius 2 is 0.367 bits per heavy atom. The number of nitrogens with zero attached hydrogens (tertiary/aromatic N) is 9. The first-order chi connectivity index (χ1) is 74.5. The molecule has 0 bridgehead atoms. The molecule has 0 radical (unpaired) electrons. The molecule has 0 fully saturated rings. The lowest BCUT2D eigenvalue weighted by Crippen LogP contribution is -2.10. The lowest BCUT2D eigenvalue weighted by Gasteiger charge is -2.26. The summed E-state index contributed by atoms with van der Waals surface area (Å²) in [6.45, 7) is 0. The number of hydrogen-bond acceptors (Lipinski definition) is 6. The summed E-state index contributed by atoms with van der Waals surface area (Å²) < 4.78 is 33.5. The minimum Gasteiger partial charge on any atom is -0.456 e. The molecule has 0 amide bonds. The van der Waals surface area contributed by atoms with Gasteiger partial charge in [-0.15, -0.1) is 0 Å². The summed E-state index contributed by atoms with van der Waals surface area (Å²) in [6, 6.07) is 196. The molecule has 0 aliphatic carbocycles. The molecular weight excluding hydrogens is 1830 g/mol. The van der Waals surface area contributed by atoms with Crippen LogP contribution in [0.3, 0.4) is 0 Å². The molecule has 12 heteroatoms. The van der Waals surface area contributed by atoms with Gasteiger partial charge in [0, 0.05) is 133 Å². The maximum atomic E-state index is 6.36. The number of anilines is 9. The Labute approximate surface area is 862 Å². The number of hydrogen-bond donors (Lipinski definition) is 0. The summed E-state index contributed by atoms with van der Waals surface area (Å²) in [5.41, 5.74) is 34.6. The highest BCUT2D eigenvalue weighted by atomic mass is 16.3. The van der Waals surface area contributed by atoms with Crippen LogP contribution in [0.2, 0.25) is 0 Å². The largest absolute Gasteiger partial charge is 0.456 e. The molecule has 0 saturated heterocycles. The fourth-order valence-corrected chi connectivity index (χ4v) is 23.3. The number of fused-ring (bicyclic) bond motifs is 24. The third-order valence-corrected chi connectivity index (χ3v) is 29.6. The molecule has 12 nitrogen and oxygen atoms in total. The highest BCUT2D eigenvalue weighted by molar-refractivity contribution is 6.27. The van der Waals surface area contributed by atoms with Gasteiger partial charge in [-0.25, -0.2) is 0 Å². The Hall–Kier alpha value is -20.3. The lowest BCUT2D eigenvalue weighted by molar-refractivity contribution is 0.668. The summed E-state index contributed by atoms with van der Waals surface area (Å²) >= 11 is 0. The van der Waals surface area contributed by atoms with Crippen LogP contribution in [0.4, 0.5) is 51.2 Å². The van der Waals surface area contributed by atoms with Crippen LogP contribution in [0.15, 0.2) is 565 Å². The Bertz CT molecular complexity index is 10600. The summed E-state index contributed by atoms with van der Waals surface area (Å²) in [4.78, 5) is 7.06. The van der Waals surface area contributed by atoms with Gasteiger partial charge in [0.25, 0.3) is 0 Å². The van der Waals surface area contributed by atoms with Gasteiger partial charge in [-0.2, -0.15) is 0 Å². The topological polar surface area (TPSA) is 78.7 Å². The van der Waals surface area contributed by atoms with E-state index < -0.39 is 0 Å². The first-order valence-electron chi connectivity index (χ1n) is 50.9. The molecule has 0 N–H and O–H groups in total. The molecule has 31 rings (SSSR count). The van der Waals surface area contributed by atoms with Crippen molar-refractivity contribution < 1.29 is 13.3 Å². The van der Waals surface area contributed by atoms with Gasteiger partial charge >= 0.3 is 0 Å². The molecule has 0 aliphatic heterocycles. The molecule has 706 valence electrons. The van der Waals surface area contributed by atoms with Crippen LogP contribution in [0.5, 0.6) is 0 Å². The normalized spacial score (nSPS) is 11.7. The van der Waals surface area contributed by atoms with Gasteiger partial charge in [-0.1, -0.05) is 322 Å². The average Bonchev–Trinajstić information content (AvgIpc) is 1.54. The van der Waals surface area contributed by atoms with Crippen molar-refractivity contribution in [1.29, 1.82) is 0 Å². The molecular formula is C138H91N9O3. The minimum absolute atomic E-state index is 0.873. The third-order valence-electron chi connectivity index (χ3n) is 29.6. The van der Waals surface area contributed by atoms with E-state index in [4.69, 9.17) is 13.3 Å². The number of furan rings is 3. The van der Waals surface area contributed by atoms with E-state index >= 15 is 0 Å². The molecule has 31 aromatic rings. The van der Waals surface area contributed by atoms with E-state index in [9.17, 15) is 0 Å². The fraction of sp³-hybridized carbons (Fsp3) is 0. The van der Waals surface area contributed by atoms with Gasteiger partial charge in [0.2, 0.25) is 0 Å². The van der Waals surface area contributed by atoms with Gasteiger partial charge in [0.1, 0.15) is 50.4 Å². The zero-order valence-electron chi connectivity index (χ0n) is 81.3. The van der Waals surface area contributed by atoms with Crippen molar-refractivity contribution in [3.63, 3.8) is 0 Å². The summed E-state index contributed by atoms with van der Waals surface area (Å²) in [5.74, 6) is 0. The van der Waals surface area contributed by atoms with E-state index in [-0.39, 0.29) is 0 Å². The van der Waals surface area contributed by atoms with Crippen LogP contribution in [0.1, 0.15) is 0 Å². The van der Waals surface area contributed by atoms with Crippen LogP contribution in [0, 0.1) is 0 Å². The first kappa shape index (κ1) is 86.3. The van der Waals surface area contributed by atoms with Gasteiger partial charge in [0.05, 0.1) is 66.3 Å². The SMILES string of the molecule is c1ccc(N(c2ccc(-c3ccc4c5c6ccccc6n(-c6ccccc6)c5n(-c5ccccc5)c4c3)cc2)c2cccc3oc4ccccc4c23)cc1.c1ccc(N(c2ccc3c(c2)c2c4ccccc4n(-c4ccccc4)c2n3-c2ccccc2)c2cccc3oc4ccccc4c23)cc1.c1ccc(N(c2ccc3c4c5ccccc5n(-c5ccccc5)c4n(-c4ccccc4)c3c2)c2cccc3oc4ccccc4c23)cc1.